The molecule has 4 nitrogen and oxygen atoms in total. The molecule has 23 heavy (non-hydrogen) atoms. The zero-order valence-corrected chi connectivity index (χ0v) is 16.7. The van der Waals surface area contributed by atoms with E-state index in [0.29, 0.717) is 30.5 Å². The highest BCUT2D eigenvalue weighted by molar-refractivity contribution is 5.67. The summed E-state index contributed by atoms with van der Waals surface area (Å²) < 4.78 is 5.32. The molecular formula is C19H40N2O2. The molecule has 2 N–H and O–H groups in total. The highest BCUT2D eigenvalue weighted by atomic mass is 16.6. The maximum absolute atomic E-state index is 11.8. The average Bonchev–Trinajstić information content (AvgIpc) is 2.32. The van der Waals surface area contributed by atoms with Crippen LogP contribution >= 0.6 is 0 Å². The van der Waals surface area contributed by atoms with Gasteiger partial charge in [0.15, 0.2) is 0 Å². The van der Waals surface area contributed by atoms with Gasteiger partial charge in [0, 0.05) is 18.6 Å². The lowest BCUT2D eigenvalue weighted by atomic mass is 9.94. The number of carbonyl (C=O) groups excluding carboxylic acids is 1. The van der Waals surface area contributed by atoms with Crippen LogP contribution in [0.1, 0.15) is 81.1 Å². The molecule has 0 saturated carbocycles. The van der Waals surface area contributed by atoms with Crippen LogP contribution in [-0.2, 0) is 4.74 Å². The molecule has 1 atom stereocenters. The van der Waals surface area contributed by atoms with Crippen LogP contribution in [0.5, 0.6) is 0 Å². The van der Waals surface area contributed by atoms with Crippen molar-refractivity contribution in [2.24, 2.45) is 11.8 Å². The smallest absolute Gasteiger partial charge is 0.407 e. The van der Waals surface area contributed by atoms with Gasteiger partial charge in [-0.15, -0.1) is 0 Å². The Morgan fingerprint density at radius 3 is 1.91 bits per heavy atom. The summed E-state index contributed by atoms with van der Waals surface area (Å²) >= 11 is 0. The van der Waals surface area contributed by atoms with Crippen LogP contribution in [0.25, 0.3) is 0 Å². The van der Waals surface area contributed by atoms with Gasteiger partial charge in [-0.1, -0.05) is 41.0 Å². The third-order valence-corrected chi connectivity index (χ3v) is 3.51. The number of carbonyl (C=O) groups is 1. The normalized spacial score (nSPS) is 13.7. The molecule has 0 rings (SSSR count). The number of hydrogen-bond donors (Lipinski definition) is 2. The molecule has 0 aliphatic carbocycles. The lowest BCUT2D eigenvalue weighted by Crippen LogP contribution is -2.47. The predicted octanol–water partition coefficient (Wildman–Crippen LogP) is 4.73. The summed E-state index contributed by atoms with van der Waals surface area (Å²) in [5.41, 5.74) is -0.449. The lowest BCUT2D eigenvalue weighted by Gasteiger charge is -2.29. The van der Waals surface area contributed by atoms with Crippen molar-refractivity contribution in [1.82, 2.24) is 10.6 Å². The maximum atomic E-state index is 11.8. The molecule has 0 aromatic rings. The van der Waals surface area contributed by atoms with E-state index in [1.54, 1.807) is 0 Å². The molecule has 0 aromatic carbocycles. The van der Waals surface area contributed by atoms with Crippen molar-refractivity contribution in [3.05, 3.63) is 0 Å². The van der Waals surface area contributed by atoms with E-state index in [4.69, 9.17) is 4.74 Å². The Morgan fingerprint density at radius 2 is 1.52 bits per heavy atom. The number of ether oxygens (including phenoxy) is 1. The van der Waals surface area contributed by atoms with Crippen molar-refractivity contribution < 1.29 is 9.53 Å². The van der Waals surface area contributed by atoms with Gasteiger partial charge in [-0.05, 0) is 51.9 Å². The summed E-state index contributed by atoms with van der Waals surface area (Å²) in [6, 6.07) is 0.807. The zero-order chi connectivity index (χ0) is 18.0. The van der Waals surface area contributed by atoms with Crippen molar-refractivity contribution in [3.63, 3.8) is 0 Å². The van der Waals surface area contributed by atoms with Crippen LogP contribution in [0.3, 0.4) is 0 Å². The molecule has 0 radical (unpaired) electrons. The van der Waals surface area contributed by atoms with Gasteiger partial charge in [0.2, 0.25) is 0 Å². The van der Waals surface area contributed by atoms with Crippen LogP contribution < -0.4 is 10.6 Å². The van der Waals surface area contributed by atoms with Gasteiger partial charge in [-0.2, -0.15) is 0 Å². The summed E-state index contributed by atoms with van der Waals surface area (Å²) in [5, 5.41) is 6.68. The molecule has 4 heteroatoms. The van der Waals surface area contributed by atoms with E-state index in [2.05, 4.69) is 45.3 Å². The van der Waals surface area contributed by atoms with Gasteiger partial charge in [0.05, 0.1) is 0 Å². The van der Waals surface area contributed by atoms with Crippen molar-refractivity contribution in [2.45, 2.75) is 98.8 Å². The van der Waals surface area contributed by atoms with Crippen LogP contribution in [0.15, 0.2) is 0 Å². The van der Waals surface area contributed by atoms with Crippen molar-refractivity contribution in [3.8, 4) is 0 Å². The topological polar surface area (TPSA) is 50.4 Å². The minimum Gasteiger partial charge on any atom is -0.444 e. The highest BCUT2D eigenvalue weighted by Crippen LogP contribution is 2.15. The third kappa shape index (κ3) is 13.4. The van der Waals surface area contributed by atoms with E-state index >= 15 is 0 Å². The van der Waals surface area contributed by atoms with E-state index in [1.807, 2.05) is 20.8 Å². The monoisotopic (exact) mass is 328 g/mol. The highest BCUT2D eigenvalue weighted by Gasteiger charge is 2.20. The van der Waals surface area contributed by atoms with Gasteiger partial charge in [-0.3, -0.25) is 0 Å². The van der Waals surface area contributed by atoms with E-state index < -0.39 is 5.60 Å². The Labute approximate surface area is 144 Å². The second kappa shape index (κ2) is 10.9. The molecule has 0 fully saturated rings. The number of hydrogen-bond acceptors (Lipinski definition) is 3. The number of alkyl carbamates (subject to hydrolysis) is 1. The molecule has 1 amide bonds. The fourth-order valence-electron chi connectivity index (χ4n) is 2.82. The molecule has 0 bridgehead atoms. The number of amides is 1. The van der Waals surface area contributed by atoms with Crippen molar-refractivity contribution >= 4 is 6.09 Å². The third-order valence-electron chi connectivity index (χ3n) is 3.51. The van der Waals surface area contributed by atoms with Crippen LogP contribution in [0, 0.1) is 11.8 Å². The van der Waals surface area contributed by atoms with E-state index in [9.17, 15) is 4.79 Å². The van der Waals surface area contributed by atoms with Gasteiger partial charge in [-0.25, -0.2) is 4.79 Å². The lowest BCUT2D eigenvalue weighted by molar-refractivity contribution is 0.0520. The molecule has 1 unspecified atom stereocenters. The molecule has 0 saturated heterocycles. The second-order valence-electron chi connectivity index (χ2n) is 8.49. The number of rotatable bonds is 10. The standard InChI is InChI=1S/C19H40N2O2/c1-9-10-16(13-20-18(22)23-19(6,7)8)21-17(11-14(2)3)12-15(4)5/h14-17,21H,9-13H2,1-8H3,(H,20,22). The van der Waals surface area contributed by atoms with Crippen LogP contribution in [-0.4, -0.2) is 30.3 Å². The molecule has 0 aliphatic heterocycles. The summed E-state index contributed by atoms with van der Waals surface area (Å²) in [6.07, 6.45) is 4.17. The first kappa shape index (κ1) is 22.2. The van der Waals surface area contributed by atoms with Crippen molar-refractivity contribution in [2.75, 3.05) is 6.54 Å². The maximum Gasteiger partial charge on any atom is 0.407 e. The summed E-state index contributed by atoms with van der Waals surface area (Å²) in [5.74, 6) is 1.35. The number of nitrogens with one attached hydrogen (secondary N) is 2. The van der Waals surface area contributed by atoms with E-state index in [-0.39, 0.29) is 6.09 Å². The summed E-state index contributed by atoms with van der Waals surface area (Å²) in [4.78, 5) is 11.8. The molecule has 0 aromatic heterocycles. The molecule has 0 aliphatic rings. The fraction of sp³-hybridized carbons (Fsp3) is 0.947. The first-order valence-corrected chi connectivity index (χ1v) is 9.26. The Morgan fingerprint density at radius 1 is 1.00 bits per heavy atom. The molecular weight excluding hydrogens is 288 g/mol. The molecule has 0 spiro atoms. The Hall–Kier alpha value is -0.770. The predicted molar refractivity (Wildman–Crippen MR) is 98.8 cm³/mol. The van der Waals surface area contributed by atoms with Gasteiger partial charge < -0.3 is 15.4 Å². The van der Waals surface area contributed by atoms with Gasteiger partial charge in [0.1, 0.15) is 5.60 Å². The first-order chi connectivity index (χ1) is 10.5. The fourth-order valence-corrected chi connectivity index (χ4v) is 2.82. The van der Waals surface area contributed by atoms with E-state index in [0.717, 1.165) is 12.8 Å². The molecule has 0 heterocycles. The zero-order valence-electron chi connectivity index (χ0n) is 16.7. The Bertz CT molecular complexity index is 312. The first-order valence-electron chi connectivity index (χ1n) is 9.26. The average molecular weight is 329 g/mol. The van der Waals surface area contributed by atoms with Crippen molar-refractivity contribution in [1.29, 1.82) is 0 Å². The summed E-state index contributed by atoms with van der Waals surface area (Å²) in [6.45, 7) is 17.5. The SMILES string of the molecule is CCCC(CNC(=O)OC(C)(C)C)NC(CC(C)C)CC(C)C. The Kier molecular flexibility index (Phi) is 10.5. The molecule has 138 valence electrons. The minimum atomic E-state index is -0.449. The Balaban J connectivity index is 4.53. The summed E-state index contributed by atoms with van der Waals surface area (Å²) in [7, 11) is 0. The van der Waals surface area contributed by atoms with Crippen LogP contribution in [0.2, 0.25) is 0 Å². The van der Waals surface area contributed by atoms with Gasteiger partial charge >= 0.3 is 6.09 Å². The second-order valence-corrected chi connectivity index (χ2v) is 8.49. The van der Waals surface area contributed by atoms with Gasteiger partial charge in [0.25, 0.3) is 0 Å². The minimum absolute atomic E-state index is 0.301. The largest absolute Gasteiger partial charge is 0.444 e. The quantitative estimate of drug-likeness (QED) is 0.609. The van der Waals surface area contributed by atoms with E-state index in [1.165, 1.54) is 12.8 Å². The van der Waals surface area contributed by atoms with Crippen LogP contribution in [0.4, 0.5) is 4.79 Å².